The minimum Gasteiger partial charge on any atom is -0.393 e. The van der Waals surface area contributed by atoms with E-state index in [2.05, 4.69) is 9.82 Å². The van der Waals surface area contributed by atoms with Crippen LogP contribution >= 0.6 is 0 Å². The molecular formula is C17H23N3O3S. The van der Waals surface area contributed by atoms with Crippen LogP contribution in [0.4, 0.5) is 0 Å². The molecule has 2 aromatic rings. The normalized spacial score (nSPS) is 22.1. The Labute approximate surface area is 142 Å². The van der Waals surface area contributed by atoms with E-state index in [0.717, 1.165) is 5.56 Å². The quantitative estimate of drug-likeness (QED) is 0.835. The summed E-state index contributed by atoms with van der Waals surface area (Å²) in [5.74, 6) is 0.0938. The fraction of sp³-hybridized carbons (Fsp3) is 0.471. The highest BCUT2D eigenvalue weighted by atomic mass is 32.2. The molecule has 1 heterocycles. The molecule has 0 saturated heterocycles. The van der Waals surface area contributed by atoms with Crippen LogP contribution in [0.25, 0.3) is 0 Å². The second-order valence-electron chi connectivity index (χ2n) is 6.33. The van der Waals surface area contributed by atoms with Gasteiger partial charge in [0.1, 0.15) is 0 Å². The van der Waals surface area contributed by atoms with Gasteiger partial charge in [-0.3, -0.25) is 4.68 Å². The van der Waals surface area contributed by atoms with E-state index in [9.17, 15) is 13.5 Å². The largest absolute Gasteiger partial charge is 0.393 e. The zero-order valence-electron chi connectivity index (χ0n) is 13.9. The molecule has 24 heavy (non-hydrogen) atoms. The zero-order valence-corrected chi connectivity index (χ0v) is 14.7. The van der Waals surface area contributed by atoms with Crippen LogP contribution in [0.5, 0.6) is 0 Å². The average molecular weight is 349 g/mol. The van der Waals surface area contributed by atoms with E-state index in [1.54, 1.807) is 13.0 Å². The van der Waals surface area contributed by atoms with Gasteiger partial charge >= 0.3 is 0 Å². The Morgan fingerprint density at radius 3 is 2.58 bits per heavy atom. The van der Waals surface area contributed by atoms with E-state index in [-0.39, 0.29) is 23.1 Å². The summed E-state index contributed by atoms with van der Waals surface area (Å²) >= 11 is 0. The first-order valence-corrected chi connectivity index (χ1v) is 9.69. The molecule has 7 heteroatoms. The molecule has 1 aromatic heterocycles. The predicted octanol–water partition coefficient (Wildman–Crippen LogP) is 2.00. The molecule has 130 valence electrons. The first-order chi connectivity index (χ1) is 11.4. The molecule has 0 aliphatic heterocycles. The molecule has 0 spiro atoms. The van der Waals surface area contributed by atoms with Gasteiger partial charge in [0.25, 0.3) is 10.0 Å². The number of sulfonamides is 1. The van der Waals surface area contributed by atoms with Crippen LogP contribution in [-0.2, 0) is 16.6 Å². The lowest BCUT2D eigenvalue weighted by Crippen LogP contribution is -2.41. The number of rotatable bonds is 6. The lowest BCUT2D eigenvalue weighted by atomic mass is 9.75. The summed E-state index contributed by atoms with van der Waals surface area (Å²) in [6, 6.07) is 10.8. The van der Waals surface area contributed by atoms with Crippen molar-refractivity contribution in [2.24, 2.45) is 5.92 Å². The van der Waals surface area contributed by atoms with Gasteiger partial charge in [-0.15, -0.1) is 0 Å². The first-order valence-electron chi connectivity index (χ1n) is 8.20. The molecule has 1 atom stereocenters. The molecule has 6 nitrogen and oxygen atoms in total. The van der Waals surface area contributed by atoms with Gasteiger partial charge in [-0.05, 0) is 44.2 Å². The Morgan fingerprint density at radius 1 is 1.33 bits per heavy atom. The SMILES string of the molecule is CCn1nc(C)cc1S(=O)(=O)NC(c1ccccc1)C1CC(O)C1. The van der Waals surface area contributed by atoms with Crippen molar-refractivity contribution in [2.75, 3.05) is 0 Å². The molecule has 1 aliphatic carbocycles. The van der Waals surface area contributed by atoms with Crippen molar-refractivity contribution in [3.63, 3.8) is 0 Å². The summed E-state index contributed by atoms with van der Waals surface area (Å²) in [5, 5.41) is 14.0. The van der Waals surface area contributed by atoms with Crippen molar-refractivity contribution < 1.29 is 13.5 Å². The summed E-state index contributed by atoms with van der Waals surface area (Å²) < 4.78 is 30.1. The smallest absolute Gasteiger partial charge is 0.258 e. The monoisotopic (exact) mass is 349 g/mol. The van der Waals surface area contributed by atoms with Gasteiger partial charge in [0, 0.05) is 6.54 Å². The highest BCUT2D eigenvalue weighted by molar-refractivity contribution is 7.89. The molecular weight excluding hydrogens is 326 g/mol. The van der Waals surface area contributed by atoms with Gasteiger partial charge in [0.15, 0.2) is 5.03 Å². The molecule has 0 amide bonds. The second-order valence-corrected chi connectivity index (χ2v) is 8.00. The molecule has 0 radical (unpaired) electrons. The van der Waals surface area contributed by atoms with Crippen molar-refractivity contribution in [2.45, 2.75) is 50.4 Å². The van der Waals surface area contributed by atoms with Crippen molar-refractivity contribution in [1.29, 1.82) is 0 Å². The highest BCUT2D eigenvalue weighted by Gasteiger charge is 2.37. The summed E-state index contributed by atoms with van der Waals surface area (Å²) in [7, 11) is -3.70. The summed E-state index contributed by atoms with van der Waals surface area (Å²) in [5.41, 5.74) is 1.59. The third-order valence-electron chi connectivity index (χ3n) is 4.50. The van der Waals surface area contributed by atoms with E-state index < -0.39 is 10.0 Å². The molecule has 1 aromatic carbocycles. The topological polar surface area (TPSA) is 84.2 Å². The Hall–Kier alpha value is -1.70. The van der Waals surface area contributed by atoms with E-state index >= 15 is 0 Å². The molecule has 1 fully saturated rings. The van der Waals surface area contributed by atoms with Crippen LogP contribution in [0.1, 0.15) is 37.1 Å². The number of nitrogens with zero attached hydrogens (tertiary/aromatic N) is 2. The number of aliphatic hydroxyl groups is 1. The molecule has 1 aliphatic rings. The fourth-order valence-electron chi connectivity index (χ4n) is 3.19. The van der Waals surface area contributed by atoms with Crippen LogP contribution < -0.4 is 4.72 Å². The maximum Gasteiger partial charge on any atom is 0.258 e. The number of hydrogen-bond donors (Lipinski definition) is 2. The molecule has 1 saturated carbocycles. The van der Waals surface area contributed by atoms with Gasteiger partial charge in [-0.25, -0.2) is 13.1 Å². The number of aliphatic hydroxyl groups excluding tert-OH is 1. The van der Waals surface area contributed by atoms with Gasteiger partial charge in [0.2, 0.25) is 0 Å². The molecule has 2 N–H and O–H groups in total. The maximum atomic E-state index is 12.9. The van der Waals surface area contributed by atoms with E-state index in [4.69, 9.17) is 0 Å². The Balaban J connectivity index is 1.91. The lowest BCUT2D eigenvalue weighted by molar-refractivity contribution is 0.0280. The van der Waals surface area contributed by atoms with Crippen LogP contribution in [0.3, 0.4) is 0 Å². The number of benzene rings is 1. The van der Waals surface area contributed by atoms with Gasteiger partial charge in [0.05, 0.1) is 17.8 Å². The van der Waals surface area contributed by atoms with E-state index in [0.29, 0.717) is 25.1 Å². The molecule has 1 unspecified atom stereocenters. The standard InChI is InChI=1S/C17H23N3O3S/c1-3-20-16(9-12(2)18-20)24(22,23)19-17(14-10-15(21)11-14)13-7-5-4-6-8-13/h4-9,14-15,17,19,21H,3,10-11H2,1-2H3. The Bertz CT molecular complexity index is 796. The summed E-state index contributed by atoms with van der Waals surface area (Å²) in [6.45, 7) is 4.13. The van der Waals surface area contributed by atoms with Crippen LogP contribution in [0.2, 0.25) is 0 Å². The van der Waals surface area contributed by atoms with Crippen LogP contribution in [0, 0.1) is 12.8 Å². The highest BCUT2D eigenvalue weighted by Crippen LogP contribution is 2.38. The van der Waals surface area contributed by atoms with E-state index in [1.165, 1.54) is 4.68 Å². The molecule has 3 rings (SSSR count). The average Bonchev–Trinajstić information content (AvgIpc) is 2.93. The fourth-order valence-corrected chi connectivity index (χ4v) is 4.75. The van der Waals surface area contributed by atoms with Crippen LogP contribution in [0.15, 0.2) is 41.4 Å². The summed E-state index contributed by atoms with van der Waals surface area (Å²) in [4.78, 5) is 0. The zero-order chi connectivity index (χ0) is 17.3. The minimum atomic E-state index is -3.70. The third kappa shape index (κ3) is 3.38. The second kappa shape index (κ2) is 6.66. The van der Waals surface area contributed by atoms with Crippen molar-refractivity contribution in [3.8, 4) is 0 Å². The van der Waals surface area contributed by atoms with Gasteiger partial charge in [-0.1, -0.05) is 30.3 Å². The minimum absolute atomic E-state index is 0.0938. The van der Waals surface area contributed by atoms with Crippen LogP contribution in [-0.4, -0.2) is 29.4 Å². The summed E-state index contributed by atoms with van der Waals surface area (Å²) in [6.07, 6.45) is 0.872. The number of hydrogen-bond acceptors (Lipinski definition) is 4. The number of nitrogens with one attached hydrogen (secondary N) is 1. The maximum absolute atomic E-state index is 12.9. The lowest BCUT2D eigenvalue weighted by Gasteiger charge is -2.38. The third-order valence-corrected chi connectivity index (χ3v) is 5.95. The van der Waals surface area contributed by atoms with Gasteiger partial charge < -0.3 is 5.11 Å². The van der Waals surface area contributed by atoms with Crippen molar-refractivity contribution in [3.05, 3.63) is 47.7 Å². The van der Waals surface area contributed by atoms with Crippen molar-refractivity contribution in [1.82, 2.24) is 14.5 Å². The number of aromatic nitrogens is 2. The Kier molecular flexibility index (Phi) is 4.76. The predicted molar refractivity (Wildman–Crippen MR) is 90.9 cm³/mol. The first kappa shape index (κ1) is 17.1. The van der Waals surface area contributed by atoms with Crippen molar-refractivity contribution >= 4 is 10.0 Å². The number of aryl methyl sites for hydroxylation is 2. The Morgan fingerprint density at radius 2 is 2.00 bits per heavy atom. The van der Waals surface area contributed by atoms with E-state index in [1.807, 2.05) is 37.3 Å². The van der Waals surface area contributed by atoms with Gasteiger partial charge in [-0.2, -0.15) is 5.10 Å². The molecule has 0 bridgehead atoms.